The van der Waals surface area contributed by atoms with Gasteiger partial charge in [-0.3, -0.25) is 19.6 Å². The zero-order valence-corrected chi connectivity index (χ0v) is 33.0. The van der Waals surface area contributed by atoms with Crippen LogP contribution in [-0.2, 0) is 37.0 Å². The Morgan fingerprint density at radius 2 is 1.48 bits per heavy atom. The highest BCUT2D eigenvalue weighted by atomic mass is 16.7. The number of rotatable bonds is 16. The number of hydrogen-bond acceptors (Lipinski definition) is 9. The number of unbranched alkanes of at least 4 members (excludes halogenated alkanes) is 3. The Labute approximate surface area is 340 Å². The number of hydroxylamine groups is 1. The van der Waals surface area contributed by atoms with Crippen LogP contribution in [-0.4, -0.2) is 70.9 Å². The van der Waals surface area contributed by atoms with Gasteiger partial charge in [0.15, 0.2) is 6.29 Å². The zero-order valence-electron chi connectivity index (χ0n) is 33.0. The van der Waals surface area contributed by atoms with E-state index in [4.69, 9.17) is 14.7 Å². The van der Waals surface area contributed by atoms with E-state index >= 15 is 0 Å². The van der Waals surface area contributed by atoms with Crippen molar-refractivity contribution in [2.45, 2.75) is 95.0 Å². The molecule has 3 saturated heterocycles. The molecule has 4 aromatic rings. The van der Waals surface area contributed by atoms with Gasteiger partial charge in [0.1, 0.15) is 5.54 Å². The predicted molar refractivity (Wildman–Crippen MR) is 220 cm³/mol. The second kappa shape index (κ2) is 19.6. The number of benzene rings is 4. The fourth-order valence-electron chi connectivity index (χ4n) is 8.42. The van der Waals surface area contributed by atoms with Gasteiger partial charge in [0.2, 0.25) is 17.7 Å². The number of carbonyl (C=O) groups excluding carboxylic acids is 3. The van der Waals surface area contributed by atoms with Crippen molar-refractivity contribution in [3.05, 3.63) is 125 Å². The Hall–Kier alpha value is -5.11. The summed E-state index contributed by atoms with van der Waals surface area (Å²) in [7, 11) is 0. The normalized spacial score (nSPS) is 20.5. The topological polar surface area (TPSA) is 153 Å². The highest BCUT2D eigenvalue weighted by molar-refractivity contribution is 5.93. The SMILES string of the molecule is O=C(CCCCCCC(=O)NCc1cccc(-c2ccc([C@H]3O[C@@H](CN4CCC5(CC4)C(=O)NCN5c4ccccc4)C[C@@H](c4ccc(CO)cc4)O3)cc2)c1)NO. The third-order valence-electron chi connectivity index (χ3n) is 11.8. The maximum absolute atomic E-state index is 13.3. The number of nitrogens with one attached hydrogen (secondary N) is 3. The van der Waals surface area contributed by atoms with E-state index in [-0.39, 0.29) is 43.0 Å². The van der Waals surface area contributed by atoms with E-state index < -0.39 is 11.8 Å². The summed E-state index contributed by atoms with van der Waals surface area (Å²) in [6.45, 7) is 3.23. The number of nitrogens with zero attached hydrogens (tertiary/aromatic N) is 2. The molecule has 306 valence electrons. The molecule has 0 aliphatic carbocycles. The fraction of sp³-hybridized carbons (Fsp3) is 0.413. The van der Waals surface area contributed by atoms with Gasteiger partial charge in [-0.25, -0.2) is 5.48 Å². The Morgan fingerprint density at radius 3 is 2.19 bits per heavy atom. The number of carbonyl (C=O) groups is 3. The average Bonchev–Trinajstić information content (AvgIpc) is 3.59. The van der Waals surface area contributed by atoms with Crippen LogP contribution >= 0.6 is 0 Å². The Balaban J connectivity index is 0.970. The van der Waals surface area contributed by atoms with Gasteiger partial charge in [0.25, 0.3) is 0 Å². The van der Waals surface area contributed by atoms with Crippen molar-refractivity contribution >= 4 is 23.4 Å². The Kier molecular flexibility index (Phi) is 13.8. The van der Waals surface area contributed by atoms with Crippen molar-refractivity contribution in [1.29, 1.82) is 0 Å². The Morgan fingerprint density at radius 1 is 0.776 bits per heavy atom. The molecule has 0 unspecified atom stereocenters. The first-order valence-electron chi connectivity index (χ1n) is 20.6. The van der Waals surface area contributed by atoms with E-state index in [0.717, 1.165) is 90.8 Å². The number of aliphatic hydroxyl groups excluding tert-OH is 1. The quantitative estimate of drug-likeness (QED) is 0.0502. The summed E-state index contributed by atoms with van der Waals surface area (Å²) in [5.41, 5.74) is 8.06. The molecular formula is C46H55N5O7. The molecule has 12 heteroatoms. The number of aliphatic hydroxyl groups is 1. The first-order valence-corrected chi connectivity index (χ1v) is 20.6. The number of likely N-dealkylation sites (tertiary alicyclic amines) is 1. The van der Waals surface area contributed by atoms with E-state index in [1.807, 2.05) is 54.6 Å². The van der Waals surface area contributed by atoms with E-state index in [2.05, 4.69) is 69.0 Å². The van der Waals surface area contributed by atoms with Gasteiger partial charge in [-0.2, -0.15) is 0 Å². The molecule has 0 aromatic heterocycles. The monoisotopic (exact) mass is 789 g/mol. The van der Waals surface area contributed by atoms with Crippen LogP contribution in [0.4, 0.5) is 5.69 Å². The molecule has 3 aliphatic heterocycles. The van der Waals surface area contributed by atoms with Crippen LogP contribution in [0.3, 0.4) is 0 Å². The zero-order chi connectivity index (χ0) is 40.3. The lowest BCUT2D eigenvalue weighted by molar-refractivity contribution is -0.253. The number of amides is 3. The predicted octanol–water partition coefficient (Wildman–Crippen LogP) is 6.28. The van der Waals surface area contributed by atoms with Crippen molar-refractivity contribution in [2.75, 3.05) is 31.2 Å². The van der Waals surface area contributed by atoms with Gasteiger partial charge in [-0.1, -0.05) is 97.8 Å². The largest absolute Gasteiger partial charge is 0.392 e. The minimum Gasteiger partial charge on any atom is -0.392 e. The van der Waals surface area contributed by atoms with Crippen LogP contribution in [0.1, 0.15) is 92.4 Å². The number of anilines is 1. The van der Waals surface area contributed by atoms with Gasteiger partial charge < -0.3 is 35.0 Å². The first kappa shape index (κ1) is 41.1. The van der Waals surface area contributed by atoms with Crippen LogP contribution in [0.2, 0.25) is 0 Å². The summed E-state index contributed by atoms with van der Waals surface area (Å²) in [4.78, 5) is 41.5. The third-order valence-corrected chi connectivity index (χ3v) is 11.8. The maximum Gasteiger partial charge on any atom is 0.247 e. The molecule has 3 fully saturated rings. The molecule has 5 N–H and O–H groups in total. The molecule has 3 aliphatic rings. The van der Waals surface area contributed by atoms with Crippen molar-refractivity contribution in [3.8, 4) is 11.1 Å². The number of para-hydroxylation sites is 1. The van der Waals surface area contributed by atoms with Crippen molar-refractivity contribution in [1.82, 2.24) is 21.0 Å². The second-order valence-electron chi connectivity index (χ2n) is 15.7. The number of ether oxygens (including phenoxy) is 2. The lowest BCUT2D eigenvalue weighted by Crippen LogP contribution is -2.57. The van der Waals surface area contributed by atoms with Crippen molar-refractivity contribution in [3.63, 3.8) is 0 Å². The fourth-order valence-corrected chi connectivity index (χ4v) is 8.42. The van der Waals surface area contributed by atoms with Gasteiger partial charge in [-0.05, 0) is 71.7 Å². The molecule has 1 spiro atoms. The highest BCUT2D eigenvalue weighted by Crippen LogP contribution is 2.40. The highest BCUT2D eigenvalue weighted by Gasteiger charge is 2.50. The molecular weight excluding hydrogens is 735 g/mol. The van der Waals surface area contributed by atoms with E-state index in [0.29, 0.717) is 32.5 Å². The van der Waals surface area contributed by atoms with E-state index in [9.17, 15) is 19.5 Å². The van der Waals surface area contributed by atoms with Crippen molar-refractivity contribution in [2.24, 2.45) is 0 Å². The van der Waals surface area contributed by atoms with Gasteiger partial charge >= 0.3 is 0 Å². The molecule has 0 saturated carbocycles. The van der Waals surface area contributed by atoms with Crippen LogP contribution in [0.15, 0.2) is 103 Å². The molecule has 3 heterocycles. The standard InChI is InChI=1S/C46H55N5O7/c52-31-33-15-17-36(18-16-33)41-28-40(30-50-25-23-46(24-26-50)45(55)48-32-51(46)39-11-4-3-5-12-39)57-44(58-41)37-21-19-35(20-22-37)38-10-8-9-34(27-38)29-47-42(53)13-6-1-2-7-14-43(54)49-56/h3-5,8-12,15-22,27,40-41,44,52,56H,1-2,6-7,13-14,23-26,28-32H2,(H,47,53)(H,48,55)(H,49,54)/t40-,41+,44+/m1/s1. The molecule has 3 amide bonds. The van der Waals surface area contributed by atoms with E-state index in [1.54, 1.807) is 5.48 Å². The van der Waals surface area contributed by atoms with Crippen molar-refractivity contribution < 1.29 is 34.2 Å². The minimum absolute atomic E-state index is 0.00332. The molecule has 58 heavy (non-hydrogen) atoms. The smallest absolute Gasteiger partial charge is 0.247 e. The van der Waals surface area contributed by atoms with Crippen LogP contribution in [0, 0.1) is 0 Å². The van der Waals surface area contributed by atoms with E-state index in [1.165, 1.54) is 0 Å². The molecule has 12 nitrogen and oxygen atoms in total. The average molecular weight is 790 g/mol. The van der Waals surface area contributed by atoms with Crippen LogP contribution in [0.25, 0.3) is 11.1 Å². The molecule has 3 atom stereocenters. The molecule has 0 radical (unpaired) electrons. The summed E-state index contributed by atoms with van der Waals surface area (Å²) in [5.74, 6) is -0.281. The van der Waals surface area contributed by atoms with Gasteiger partial charge in [0, 0.05) is 56.7 Å². The summed E-state index contributed by atoms with van der Waals surface area (Å²) < 4.78 is 13.4. The first-order chi connectivity index (χ1) is 28.3. The summed E-state index contributed by atoms with van der Waals surface area (Å²) in [6, 6.07) is 34.5. The van der Waals surface area contributed by atoms with Gasteiger partial charge in [-0.15, -0.1) is 0 Å². The molecule has 0 bridgehead atoms. The lowest BCUT2D eigenvalue weighted by Gasteiger charge is -2.45. The summed E-state index contributed by atoms with van der Waals surface area (Å²) >= 11 is 0. The van der Waals surface area contributed by atoms with Gasteiger partial charge in [0.05, 0.1) is 25.5 Å². The van der Waals surface area contributed by atoms with Crippen LogP contribution < -0.4 is 21.0 Å². The van der Waals surface area contributed by atoms with Crippen LogP contribution in [0.5, 0.6) is 0 Å². The number of hydrogen-bond donors (Lipinski definition) is 5. The lowest BCUT2D eigenvalue weighted by atomic mass is 9.85. The summed E-state index contributed by atoms with van der Waals surface area (Å²) in [6.07, 6.45) is 5.08. The number of piperidine rings is 1. The molecule has 4 aromatic carbocycles. The minimum atomic E-state index is -0.581. The summed E-state index contributed by atoms with van der Waals surface area (Å²) in [5, 5.41) is 24.4. The molecule has 7 rings (SSSR count). The maximum atomic E-state index is 13.3. The third kappa shape index (κ3) is 10.1. The Bertz CT molecular complexity index is 1970. The second-order valence-corrected chi connectivity index (χ2v) is 15.7.